The van der Waals surface area contributed by atoms with Crippen LogP contribution < -0.4 is 0 Å². The van der Waals surface area contributed by atoms with E-state index in [1.54, 1.807) is 0 Å². The van der Waals surface area contributed by atoms with Gasteiger partial charge < -0.3 is 4.90 Å². The van der Waals surface area contributed by atoms with Crippen LogP contribution in [-0.2, 0) is 12.8 Å². The fourth-order valence-corrected chi connectivity index (χ4v) is 2.84. The third-order valence-corrected chi connectivity index (χ3v) is 4.45. The van der Waals surface area contributed by atoms with Crippen molar-refractivity contribution in [3.05, 3.63) is 71.8 Å². The lowest BCUT2D eigenvalue weighted by Gasteiger charge is -2.24. The topological polar surface area (TPSA) is 3.24 Å². The summed E-state index contributed by atoms with van der Waals surface area (Å²) in [5.41, 5.74) is 2.90. The smallest absolute Gasteiger partial charge is 0.0104 e. The van der Waals surface area contributed by atoms with Gasteiger partial charge in [0, 0.05) is 6.04 Å². The maximum absolute atomic E-state index is 2.50. The molecule has 0 spiro atoms. The van der Waals surface area contributed by atoms with Crippen LogP contribution in [0, 0.1) is 0 Å². The molecule has 118 valence electrons. The number of hydrogen-bond acceptors (Lipinski definition) is 1. The highest BCUT2D eigenvalue weighted by Gasteiger charge is 2.09. The molecule has 2 aromatic carbocycles. The summed E-state index contributed by atoms with van der Waals surface area (Å²) in [5.74, 6) is 0. The number of unbranched alkanes of at least 4 members (excludes halogenated alkanes) is 2. The van der Waals surface area contributed by atoms with E-state index < -0.39 is 0 Å². The largest absolute Gasteiger partial charge is 0.303 e. The van der Waals surface area contributed by atoms with Crippen molar-refractivity contribution in [2.24, 2.45) is 0 Å². The minimum absolute atomic E-state index is 0.608. The zero-order valence-electron chi connectivity index (χ0n) is 14.0. The van der Waals surface area contributed by atoms with Crippen LogP contribution in [0.25, 0.3) is 0 Å². The molecule has 0 saturated carbocycles. The first-order chi connectivity index (χ1) is 10.8. The summed E-state index contributed by atoms with van der Waals surface area (Å²) in [6.45, 7) is 3.53. The normalized spacial score (nSPS) is 12.5. The van der Waals surface area contributed by atoms with Crippen molar-refractivity contribution in [2.75, 3.05) is 13.6 Å². The molecule has 0 aliphatic carbocycles. The minimum atomic E-state index is 0.608. The van der Waals surface area contributed by atoms with Gasteiger partial charge in [0.15, 0.2) is 0 Å². The Hall–Kier alpha value is -1.60. The Bertz CT molecular complexity index is 506. The maximum Gasteiger partial charge on any atom is 0.0104 e. The van der Waals surface area contributed by atoms with E-state index in [0.717, 1.165) is 6.42 Å². The average Bonchev–Trinajstić information content (AvgIpc) is 2.56. The van der Waals surface area contributed by atoms with Crippen LogP contribution in [0.5, 0.6) is 0 Å². The van der Waals surface area contributed by atoms with Gasteiger partial charge >= 0.3 is 0 Å². The van der Waals surface area contributed by atoms with Gasteiger partial charge in [-0.15, -0.1) is 0 Å². The molecule has 0 aliphatic heterocycles. The zero-order valence-corrected chi connectivity index (χ0v) is 14.0. The first-order valence-electron chi connectivity index (χ1n) is 8.54. The predicted molar refractivity (Wildman–Crippen MR) is 96.2 cm³/mol. The molecule has 1 nitrogen and oxygen atoms in total. The van der Waals surface area contributed by atoms with Gasteiger partial charge in [0.2, 0.25) is 0 Å². The van der Waals surface area contributed by atoms with Crippen LogP contribution >= 0.6 is 0 Å². The van der Waals surface area contributed by atoms with Crippen LogP contribution in [0.1, 0.15) is 37.3 Å². The summed E-state index contributed by atoms with van der Waals surface area (Å²) in [6, 6.07) is 22.2. The number of nitrogens with zero attached hydrogens (tertiary/aromatic N) is 1. The molecule has 0 aromatic heterocycles. The molecule has 2 rings (SSSR count). The molecule has 0 heterocycles. The SMILES string of the molecule is CC(Cc1ccccc1)N(C)CCCCCc1ccccc1. The molecular formula is C21H29N. The van der Waals surface area contributed by atoms with Crippen molar-refractivity contribution in [3.63, 3.8) is 0 Å². The van der Waals surface area contributed by atoms with E-state index in [-0.39, 0.29) is 0 Å². The summed E-state index contributed by atoms with van der Waals surface area (Å²) in [7, 11) is 2.25. The van der Waals surface area contributed by atoms with Crippen molar-refractivity contribution in [1.82, 2.24) is 4.90 Å². The fourth-order valence-electron chi connectivity index (χ4n) is 2.84. The van der Waals surface area contributed by atoms with Gasteiger partial charge in [-0.25, -0.2) is 0 Å². The minimum Gasteiger partial charge on any atom is -0.303 e. The van der Waals surface area contributed by atoms with E-state index in [9.17, 15) is 0 Å². The fraction of sp³-hybridized carbons (Fsp3) is 0.429. The van der Waals surface area contributed by atoms with Crippen LogP contribution in [0.15, 0.2) is 60.7 Å². The molecule has 0 aliphatic rings. The van der Waals surface area contributed by atoms with Crippen molar-refractivity contribution < 1.29 is 0 Å². The molecular weight excluding hydrogens is 266 g/mol. The number of rotatable bonds is 9. The molecule has 1 atom stereocenters. The maximum atomic E-state index is 2.50. The highest BCUT2D eigenvalue weighted by molar-refractivity contribution is 5.16. The van der Waals surface area contributed by atoms with E-state index in [2.05, 4.69) is 79.5 Å². The van der Waals surface area contributed by atoms with Crippen LogP contribution in [0.4, 0.5) is 0 Å². The summed E-state index contributed by atoms with van der Waals surface area (Å²) in [6.07, 6.45) is 6.26. The molecule has 0 saturated heterocycles. The van der Waals surface area contributed by atoms with Gasteiger partial charge in [-0.2, -0.15) is 0 Å². The second-order valence-electron chi connectivity index (χ2n) is 6.32. The molecule has 1 heteroatoms. The number of aryl methyl sites for hydroxylation is 1. The van der Waals surface area contributed by atoms with Crippen LogP contribution in [0.2, 0.25) is 0 Å². The van der Waals surface area contributed by atoms with Gasteiger partial charge in [0.1, 0.15) is 0 Å². The summed E-state index contributed by atoms with van der Waals surface area (Å²) < 4.78 is 0. The van der Waals surface area contributed by atoms with Crippen molar-refractivity contribution in [3.8, 4) is 0 Å². The number of likely N-dealkylation sites (N-methyl/N-ethyl adjacent to an activating group) is 1. The first kappa shape index (κ1) is 16.8. The van der Waals surface area contributed by atoms with Gasteiger partial charge in [-0.05, 0) is 57.3 Å². The molecule has 0 N–H and O–H groups in total. The Labute approximate surface area is 136 Å². The summed E-state index contributed by atoms with van der Waals surface area (Å²) in [4.78, 5) is 2.50. The first-order valence-corrected chi connectivity index (χ1v) is 8.54. The molecule has 0 bridgehead atoms. The third-order valence-electron chi connectivity index (χ3n) is 4.45. The van der Waals surface area contributed by atoms with E-state index in [4.69, 9.17) is 0 Å². The second kappa shape index (κ2) is 9.42. The highest BCUT2D eigenvalue weighted by atomic mass is 15.1. The Morgan fingerprint density at radius 2 is 1.36 bits per heavy atom. The number of benzene rings is 2. The standard InChI is InChI=1S/C21H29N/c1-19(18-21-15-8-4-9-16-21)22(2)17-11-5-10-14-20-12-6-3-7-13-20/h3-4,6-9,12-13,15-16,19H,5,10-11,14,17-18H2,1-2H3. The quantitative estimate of drug-likeness (QED) is 0.591. The molecule has 0 radical (unpaired) electrons. The highest BCUT2D eigenvalue weighted by Crippen LogP contribution is 2.10. The van der Waals surface area contributed by atoms with Crippen molar-refractivity contribution in [1.29, 1.82) is 0 Å². The van der Waals surface area contributed by atoms with Gasteiger partial charge in [-0.3, -0.25) is 0 Å². The van der Waals surface area contributed by atoms with Gasteiger partial charge in [0.25, 0.3) is 0 Å². The molecule has 2 aromatic rings. The van der Waals surface area contributed by atoms with Crippen LogP contribution in [-0.4, -0.2) is 24.5 Å². The lowest BCUT2D eigenvalue weighted by molar-refractivity contribution is 0.250. The average molecular weight is 295 g/mol. The Morgan fingerprint density at radius 1 is 0.773 bits per heavy atom. The molecule has 1 unspecified atom stereocenters. The summed E-state index contributed by atoms with van der Waals surface area (Å²) in [5, 5.41) is 0. The van der Waals surface area contributed by atoms with Crippen LogP contribution in [0.3, 0.4) is 0 Å². The summed E-state index contributed by atoms with van der Waals surface area (Å²) >= 11 is 0. The molecule has 0 amide bonds. The van der Waals surface area contributed by atoms with Crippen molar-refractivity contribution >= 4 is 0 Å². The predicted octanol–water partition coefficient (Wildman–Crippen LogP) is 4.96. The van der Waals surface area contributed by atoms with Gasteiger partial charge in [-0.1, -0.05) is 67.1 Å². The molecule has 22 heavy (non-hydrogen) atoms. The monoisotopic (exact) mass is 295 g/mol. The van der Waals surface area contributed by atoms with E-state index in [1.807, 2.05) is 0 Å². The number of hydrogen-bond donors (Lipinski definition) is 0. The lowest BCUT2D eigenvalue weighted by atomic mass is 10.1. The molecule has 0 fully saturated rings. The van der Waals surface area contributed by atoms with Crippen molar-refractivity contribution in [2.45, 2.75) is 45.1 Å². The Morgan fingerprint density at radius 3 is 2.00 bits per heavy atom. The van der Waals surface area contributed by atoms with E-state index in [1.165, 1.54) is 43.4 Å². The lowest BCUT2D eigenvalue weighted by Crippen LogP contribution is -2.31. The Kier molecular flexibility index (Phi) is 7.18. The third kappa shape index (κ3) is 6.03. The second-order valence-corrected chi connectivity index (χ2v) is 6.32. The van der Waals surface area contributed by atoms with E-state index >= 15 is 0 Å². The Balaban J connectivity index is 1.60. The zero-order chi connectivity index (χ0) is 15.6. The van der Waals surface area contributed by atoms with Gasteiger partial charge in [0.05, 0.1) is 0 Å². The van der Waals surface area contributed by atoms with E-state index in [0.29, 0.717) is 6.04 Å².